The number of nitrogens with two attached hydrogens (primary N) is 2. The molecule has 4 atom stereocenters. The summed E-state index contributed by atoms with van der Waals surface area (Å²) in [6, 6.07) is 2.09. The lowest BCUT2D eigenvalue weighted by Crippen LogP contribution is -2.57. The van der Waals surface area contributed by atoms with E-state index in [-0.39, 0.29) is 24.3 Å². The van der Waals surface area contributed by atoms with E-state index in [4.69, 9.17) is 16.6 Å². The fourth-order valence-electron chi connectivity index (χ4n) is 2.86. The number of carboxylic acid groups (broad SMARTS) is 1. The fourth-order valence-corrected chi connectivity index (χ4v) is 3.12. The maximum absolute atomic E-state index is 12.8. The van der Waals surface area contributed by atoms with Gasteiger partial charge in [-0.1, -0.05) is 12.1 Å². The fraction of sp³-hybridized carbons (Fsp3) is 0.524. The van der Waals surface area contributed by atoms with Crippen molar-refractivity contribution in [3.8, 4) is 5.75 Å². The van der Waals surface area contributed by atoms with Gasteiger partial charge in [0.2, 0.25) is 17.7 Å². The number of carbonyl (C=O) groups is 4. The second-order valence-electron chi connectivity index (χ2n) is 7.63. The molecule has 0 heterocycles. The normalized spacial score (nSPS) is 14.4. The first-order valence-corrected chi connectivity index (χ1v) is 11.2. The lowest BCUT2D eigenvalue weighted by Gasteiger charge is -2.24. The minimum absolute atomic E-state index is 0.0756. The molecule has 0 saturated heterocycles. The van der Waals surface area contributed by atoms with E-state index in [0.717, 1.165) is 5.56 Å². The monoisotopic (exact) mass is 483 g/mol. The standard InChI is InChI=1S/C21H33N5O6S/c1-12(21(31)32)24-20(30)17(11-33)26-19(29)16(4-2-3-9-22)25-18(28)15(23)10-13-5-7-14(27)8-6-13/h5-8,12,15-17,27,33H,2-4,9-11,22-23H2,1H3,(H,24,30)(H,25,28)(H,26,29)(H,31,32). The quantitative estimate of drug-likeness (QED) is 0.120. The van der Waals surface area contributed by atoms with Gasteiger partial charge in [0.25, 0.3) is 0 Å². The largest absolute Gasteiger partial charge is 0.508 e. The summed E-state index contributed by atoms with van der Waals surface area (Å²) in [6.45, 7) is 1.71. The van der Waals surface area contributed by atoms with E-state index in [1.165, 1.54) is 19.1 Å². The van der Waals surface area contributed by atoms with E-state index >= 15 is 0 Å². The number of nitrogens with one attached hydrogen (secondary N) is 3. The number of carboxylic acids is 1. The van der Waals surface area contributed by atoms with E-state index < -0.39 is 47.9 Å². The van der Waals surface area contributed by atoms with Gasteiger partial charge >= 0.3 is 5.97 Å². The Kier molecular flexibility index (Phi) is 12.3. The molecule has 184 valence electrons. The second kappa shape index (κ2) is 14.3. The molecule has 9 N–H and O–H groups in total. The van der Waals surface area contributed by atoms with Crippen LogP contribution in [-0.4, -0.2) is 70.4 Å². The molecule has 1 rings (SSSR count). The number of aromatic hydroxyl groups is 1. The highest BCUT2D eigenvalue weighted by molar-refractivity contribution is 7.80. The van der Waals surface area contributed by atoms with E-state index in [9.17, 15) is 24.3 Å². The zero-order valence-electron chi connectivity index (χ0n) is 18.5. The highest BCUT2D eigenvalue weighted by Crippen LogP contribution is 2.11. The summed E-state index contributed by atoms with van der Waals surface area (Å²) in [6.07, 6.45) is 1.65. The average molecular weight is 484 g/mol. The third kappa shape index (κ3) is 10.1. The van der Waals surface area contributed by atoms with Crippen LogP contribution >= 0.6 is 12.6 Å². The third-order valence-electron chi connectivity index (χ3n) is 4.85. The molecule has 0 spiro atoms. The van der Waals surface area contributed by atoms with E-state index in [1.807, 2.05) is 0 Å². The summed E-state index contributed by atoms with van der Waals surface area (Å²) in [5.74, 6) is -3.08. The van der Waals surface area contributed by atoms with Crippen molar-refractivity contribution in [1.82, 2.24) is 16.0 Å². The van der Waals surface area contributed by atoms with Gasteiger partial charge in [0.05, 0.1) is 6.04 Å². The van der Waals surface area contributed by atoms with E-state index in [1.54, 1.807) is 12.1 Å². The van der Waals surface area contributed by atoms with Gasteiger partial charge in [0, 0.05) is 5.75 Å². The van der Waals surface area contributed by atoms with Gasteiger partial charge in [0.1, 0.15) is 23.9 Å². The van der Waals surface area contributed by atoms with Crippen molar-refractivity contribution >= 4 is 36.3 Å². The molecule has 0 aromatic heterocycles. The Labute approximate surface area is 198 Å². The summed E-state index contributed by atoms with van der Waals surface area (Å²) in [5, 5.41) is 25.7. The summed E-state index contributed by atoms with van der Waals surface area (Å²) < 4.78 is 0. The molecular formula is C21H33N5O6S. The van der Waals surface area contributed by atoms with Crippen LogP contribution in [0.25, 0.3) is 0 Å². The van der Waals surface area contributed by atoms with Crippen molar-refractivity contribution in [2.75, 3.05) is 12.3 Å². The van der Waals surface area contributed by atoms with Gasteiger partial charge in [-0.05, 0) is 56.8 Å². The number of hydrogen-bond donors (Lipinski definition) is 8. The molecule has 3 amide bonds. The molecule has 0 fully saturated rings. The van der Waals surface area contributed by atoms with Crippen molar-refractivity contribution in [3.05, 3.63) is 29.8 Å². The van der Waals surface area contributed by atoms with Crippen LogP contribution in [0.4, 0.5) is 0 Å². The van der Waals surface area contributed by atoms with Crippen LogP contribution in [0.1, 0.15) is 31.7 Å². The van der Waals surface area contributed by atoms with Crippen molar-refractivity contribution < 1.29 is 29.4 Å². The number of phenolic OH excluding ortho intramolecular Hbond substituents is 1. The van der Waals surface area contributed by atoms with E-state index in [2.05, 4.69) is 28.6 Å². The van der Waals surface area contributed by atoms with Gasteiger partial charge < -0.3 is 37.6 Å². The van der Waals surface area contributed by atoms with Crippen LogP contribution in [0, 0.1) is 0 Å². The molecule has 0 radical (unpaired) electrons. The molecule has 12 heteroatoms. The van der Waals surface area contributed by atoms with E-state index in [0.29, 0.717) is 19.4 Å². The van der Waals surface area contributed by atoms with Gasteiger partial charge in [0.15, 0.2) is 0 Å². The van der Waals surface area contributed by atoms with Crippen molar-refractivity contribution in [2.45, 2.75) is 56.8 Å². The molecule has 0 aliphatic rings. The van der Waals surface area contributed by atoms with Crippen LogP contribution in [0.2, 0.25) is 0 Å². The van der Waals surface area contributed by atoms with Crippen molar-refractivity contribution in [2.24, 2.45) is 11.5 Å². The summed E-state index contributed by atoms with van der Waals surface area (Å²) in [5.41, 5.74) is 12.2. The Hall–Kier alpha value is -2.83. The smallest absolute Gasteiger partial charge is 0.325 e. The number of unbranched alkanes of at least 4 members (excludes halogenated alkanes) is 1. The highest BCUT2D eigenvalue weighted by atomic mass is 32.1. The molecule has 0 bridgehead atoms. The lowest BCUT2D eigenvalue weighted by molar-refractivity contribution is -0.141. The molecule has 1 aromatic rings. The Bertz CT molecular complexity index is 807. The molecule has 4 unspecified atom stereocenters. The third-order valence-corrected chi connectivity index (χ3v) is 5.22. The van der Waals surface area contributed by atoms with Crippen molar-refractivity contribution in [1.29, 1.82) is 0 Å². The van der Waals surface area contributed by atoms with Crippen LogP contribution in [0.5, 0.6) is 5.75 Å². The topological polar surface area (TPSA) is 197 Å². The molecule has 11 nitrogen and oxygen atoms in total. The molecule has 1 aromatic carbocycles. The summed E-state index contributed by atoms with van der Waals surface area (Å²) in [7, 11) is 0. The molecular weight excluding hydrogens is 450 g/mol. The first kappa shape index (κ1) is 28.2. The first-order valence-electron chi connectivity index (χ1n) is 10.6. The minimum Gasteiger partial charge on any atom is -0.508 e. The number of carbonyl (C=O) groups excluding carboxylic acids is 3. The van der Waals surface area contributed by atoms with Gasteiger partial charge in [-0.15, -0.1) is 0 Å². The van der Waals surface area contributed by atoms with Gasteiger partial charge in [-0.2, -0.15) is 12.6 Å². The van der Waals surface area contributed by atoms with Crippen LogP contribution < -0.4 is 27.4 Å². The molecule has 0 aliphatic heterocycles. The second-order valence-corrected chi connectivity index (χ2v) is 8.00. The maximum Gasteiger partial charge on any atom is 0.325 e. The Balaban J connectivity index is 2.81. The molecule has 0 saturated carbocycles. The number of thiol groups is 1. The number of aliphatic carboxylic acids is 1. The van der Waals surface area contributed by atoms with Crippen LogP contribution in [-0.2, 0) is 25.6 Å². The number of amides is 3. The minimum atomic E-state index is -1.22. The number of hydrogen-bond acceptors (Lipinski definition) is 8. The molecule has 33 heavy (non-hydrogen) atoms. The first-order chi connectivity index (χ1) is 15.6. The summed E-state index contributed by atoms with van der Waals surface area (Å²) in [4.78, 5) is 48.7. The summed E-state index contributed by atoms with van der Waals surface area (Å²) >= 11 is 4.06. The number of phenols is 1. The Morgan fingerprint density at radius 1 is 0.970 bits per heavy atom. The van der Waals surface area contributed by atoms with Crippen LogP contribution in [0.3, 0.4) is 0 Å². The predicted molar refractivity (Wildman–Crippen MR) is 126 cm³/mol. The zero-order valence-corrected chi connectivity index (χ0v) is 19.4. The van der Waals surface area contributed by atoms with Crippen LogP contribution in [0.15, 0.2) is 24.3 Å². The number of benzene rings is 1. The number of rotatable bonds is 14. The lowest BCUT2D eigenvalue weighted by atomic mass is 10.0. The van der Waals surface area contributed by atoms with Crippen molar-refractivity contribution in [3.63, 3.8) is 0 Å². The SMILES string of the molecule is CC(NC(=O)C(CS)NC(=O)C(CCCCN)NC(=O)C(N)Cc1ccc(O)cc1)C(=O)O. The predicted octanol–water partition coefficient (Wildman–Crippen LogP) is -1.12. The van der Waals surface area contributed by atoms with Gasteiger partial charge in [-0.25, -0.2) is 0 Å². The zero-order chi connectivity index (χ0) is 25.0. The Morgan fingerprint density at radius 2 is 1.55 bits per heavy atom. The molecule has 0 aliphatic carbocycles. The Morgan fingerprint density at radius 3 is 2.09 bits per heavy atom. The highest BCUT2D eigenvalue weighted by Gasteiger charge is 2.28. The van der Waals surface area contributed by atoms with Gasteiger partial charge in [-0.3, -0.25) is 19.2 Å². The maximum atomic E-state index is 12.8. The average Bonchev–Trinajstić information content (AvgIpc) is 2.77.